The van der Waals surface area contributed by atoms with Crippen LogP contribution in [0.2, 0.25) is 5.02 Å². The van der Waals surface area contributed by atoms with Gasteiger partial charge in [0.2, 0.25) is 0 Å². The molecule has 0 bridgehead atoms. The summed E-state index contributed by atoms with van der Waals surface area (Å²) in [5.74, 6) is -1.43. The molecule has 11 nitrogen and oxygen atoms in total. The molecule has 1 aromatic carbocycles. The van der Waals surface area contributed by atoms with Gasteiger partial charge in [-0.1, -0.05) is 11.6 Å². The summed E-state index contributed by atoms with van der Waals surface area (Å²) in [6.07, 6.45) is 6.96. The molecule has 36 heavy (non-hydrogen) atoms. The number of methoxy groups -OCH3 is 1. The number of aromatic nitrogens is 2. The van der Waals surface area contributed by atoms with E-state index in [0.717, 1.165) is 6.21 Å². The number of hydrogen-bond donors (Lipinski definition) is 4. The van der Waals surface area contributed by atoms with E-state index in [9.17, 15) is 18.4 Å². The Balaban J connectivity index is 2.01. The number of ether oxygens (including phenoxy) is 2. The maximum absolute atomic E-state index is 13.0. The Hall–Kier alpha value is -4.10. The van der Waals surface area contributed by atoms with Crippen molar-refractivity contribution in [2.24, 2.45) is 10.7 Å². The van der Waals surface area contributed by atoms with E-state index >= 15 is 0 Å². The van der Waals surface area contributed by atoms with E-state index in [-0.39, 0.29) is 52.1 Å². The predicted octanol–water partition coefficient (Wildman–Crippen LogP) is 2.68. The quantitative estimate of drug-likeness (QED) is 0.213. The Bertz CT molecular complexity index is 1240. The van der Waals surface area contributed by atoms with Crippen molar-refractivity contribution in [3.63, 3.8) is 0 Å². The number of halogens is 3. The van der Waals surface area contributed by atoms with E-state index in [0.29, 0.717) is 0 Å². The first-order valence-electron chi connectivity index (χ1n) is 10.4. The van der Waals surface area contributed by atoms with E-state index in [1.807, 2.05) is 0 Å². The molecule has 2 heterocycles. The van der Waals surface area contributed by atoms with Gasteiger partial charge in [0.15, 0.2) is 0 Å². The van der Waals surface area contributed by atoms with Gasteiger partial charge in [-0.05, 0) is 30.7 Å². The van der Waals surface area contributed by atoms with Crippen molar-refractivity contribution < 1.29 is 27.8 Å². The number of amides is 1. The number of allylic oxidation sites excluding steroid dienone is 1. The fourth-order valence-electron chi connectivity index (χ4n) is 3.16. The van der Waals surface area contributed by atoms with E-state index in [1.54, 1.807) is 6.08 Å². The minimum atomic E-state index is -3.12. The number of hydrogen-bond acceptors (Lipinski definition) is 9. The van der Waals surface area contributed by atoms with Gasteiger partial charge in [0, 0.05) is 42.0 Å². The van der Waals surface area contributed by atoms with Crippen molar-refractivity contribution in [2.75, 3.05) is 12.4 Å². The second-order valence-electron chi connectivity index (χ2n) is 7.23. The molecule has 2 aromatic rings. The van der Waals surface area contributed by atoms with Crippen molar-refractivity contribution in [3.05, 3.63) is 53.1 Å². The summed E-state index contributed by atoms with van der Waals surface area (Å²) in [7, 11) is 1.21. The smallest absolute Gasteiger partial charge is 0.387 e. The number of nitrogens with two attached hydrogens (primary N) is 1. The van der Waals surface area contributed by atoms with Crippen LogP contribution in [0.5, 0.6) is 5.75 Å². The van der Waals surface area contributed by atoms with Crippen LogP contribution in [0, 0.1) is 5.41 Å². The molecule has 0 saturated carbocycles. The highest BCUT2D eigenvalue weighted by Crippen LogP contribution is 2.37. The first-order valence-corrected chi connectivity index (χ1v) is 10.8. The molecule has 1 atom stereocenters. The van der Waals surface area contributed by atoms with Gasteiger partial charge in [0.1, 0.15) is 23.3 Å². The number of nitrogens with one attached hydrogen (secondary N) is 3. The summed E-state index contributed by atoms with van der Waals surface area (Å²) in [5.41, 5.74) is 5.93. The van der Waals surface area contributed by atoms with Gasteiger partial charge in [-0.25, -0.2) is 4.99 Å². The van der Waals surface area contributed by atoms with Crippen LogP contribution < -0.4 is 21.1 Å². The van der Waals surface area contributed by atoms with E-state index in [4.69, 9.17) is 22.7 Å². The molecule has 0 aliphatic carbocycles. The summed E-state index contributed by atoms with van der Waals surface area (Å²) in [6, 6.07) is 3.04. The first-order chi connectivity index (χ1) is 17.2. The van der Waals surface area contributed by atoms with Gasteiger partial charge in [0.25, 0.3) is 5.91 Å². The van der Waals surface area contributed by atoms with Crippen LogP contribution in [0.3, 0.4) is 0 Å². The zero-order valence-corrected chi connectivity index (χ0v) is 19.6. The molecule has 3 rings (SSSR count). The molecular weight excluding hydrogens is 500 g/mol. The molecule has 0 spiro atoms. The molecule has 0 fully saturated rings. The minimum absolute atomic E-state index is 0.0578. The number of anilines is 1. The lowest BCUT2D eigenvalue weighted by Crippen LogP contribution is -2.32. The van der Waals surface area contributed by atoms with Crippen LogP contribution in [0.15, 0.2) is 53.1 Å². The van der Waals surface area contributed by atoms with Gasteiger partial charge < -0.3 is 31.3 Å². The number of esters is 1. The highest BCUT2D eigenvalue weighted by molar-refractivity contribution is 6.31. The van der Waals surface area contributed by atoms with Crippen molar-refractivity contribution in [1.29, 1.82) is 5.41 Å². The van der Waals surface area contributed by atoms with Crippen molar-refractivity contribution >= 4 is 41.6 Å². The number of aryl methyl sites for hydroxylation is 1. The lowest BCUT2D eigenvalue weighted by atomic mass is 10.1. The molecule has 1 aliphatic rings. The van der Waals surface area contributed by atoms with E-state index in [1.165, 1.54) is 48.6 Å². The monoisotopic (exact) mass is 521 g/mol. The third-order valence-electron chi connectivity index (χ3n) is 4.85. The number of nitrogens with zero attached hydrogens (tertiary/aromatic N) is 3. The number of alkyl halides is 2. The van der Waals surface area contributed by atoms with Gasteiger partial charge in [0.05, 0.1) is 18.4 Å². The largest absolute Gasteiger partial charge is 0.468 e. The fraction of sp³-hybridized carbons (Fsp3) is 0.227. The van der Waals surface area contributed by atoms with Crippen molar-refractivity contribution in [2.45, 2.75) is 25.6 Å². The number of carbonyl (C=O) groups excluding carboxylic acids is 2. The lowest BCUT2D eigenvalue weighted by Gasteiger charge is -2.12. The summed E-state index contributed by atoms with van der Waals surface area (Å²) in [4.78, 5) is 28.7. The number of aliphatic imine (C=N–C) groups is 1. The third-order valence-corrected chi connectivity index (χ3v) is 5.08. The average Bonchev–Trinajstić information content (AvgIpc) is 3.26. The van der Waals surface area contributed by atoms with Crippen LogP contribution in [-0.2, 0) is 20.9 Å². The number of rotatable bonds is 10. The Morgan fingerprint density at radius 1 is 1.39 bits per heavy atom. The highest BCUT2D eigenvalue weighted by Gasteiger charge is 2.23. The number of benzene rings is 1. The molecule has 0 radical (unpaired) electrons. The average molecular weight is 522 g/mol. The molecule has 190 valence electrons. The zero-order chi connectivity index (χ0) is 26.2. The van der Waals surface area contributed by atoms with Gasteiger partial charge in [-0.2, -0.15) is 13.9 Å². The molecule has 14 heteroatoms. The fourth-order valence-corrected chi connectivity index (χ4v) is 3.33. The van der Waals surface area contributed by atoms with Gasteiger partial charge in [-0.15, -0.1) is 0 Å². The summed E-state index contributed by atoms with van der Waals surface area (Å²) < 4.78 is 36.7. The van der Waals surface area contributed by atoms with Crippen molar-refractivity contribution in [3.8, 4) is 17.0 Å². The second-order valence-corrected chi connectivity index (χ2v) is 7.67. The molecule has 1 aliphatic heterocycles. The van der Waals surface area contributed by atoms with Crippen LogP contribution >= 0.6 is 11.6 Å². The summed E-state index contributed by atoms with van der Waals surface area (Å²) in [5, 5.41) is 17.6. The number of carbonyl (C=O) groups is 2. The Morgan fingerprint density at radius 3 is 2.81 bits per heavy atom. The van der Waals surface area contributed by atoms with Crippen LogP contribution in [-0.4, -0.2) is 53.8 Å². The highest BCUT2D eigenvalue weighted by atomic mass is 35.5. The Morgan fingerprint density at radius 2 is 2.17 bits per heavy atom. The SMILES string of the molecule is COC(=O)[C@@H](N)CCn1cc(NC(=O)/C(C=N)=C2\N=CC=CN2)c(-c2cc(Cl)ccc2OC(F)F)n1. The van der Waals surface area contributed by atoms with E-state index < -0.39 is 24.5 Å². The topological polar surface area (TPSA) is 157 Å². The molecule has 0 unspecified atom stereocenters. The maximum Gasteiger partial charge on any atom is 0.387 e. The van der Waals surface area contributed by atoms with Crippen LogP contribution in [0.1, 0.15) is 6.42 Å². The molecule has 1 amide bonds. The summed E-state index contributed by atoms with van der Waals surface area (Å²) in [6.45, 7) is -3.00. The molecular formula is C22H22ClF2N7O4. The van der Waals surface area contributed by atoms with Crippen molar-refractivity contribution in [1.82, 2.24) is 15.1 Å². The third kappa shape index (κ3) is 6.52. The molecule has 5 N–H and O–H groups in total. The summed E-state index contributed by atoms with van der Waals surface area (Å²) >= 11 is 6.10. The van der Waals surface area contributed by atoms with Gasteiger partial charge >= 0.3 is 12.6 Å². The molecule has 0 saturated heterocycles. The minimum Gasteiger partial charge on any atom is -0.468 e. The van der Waals surface area contributed by atoms with E-state index in [2.05, 4.69) is 30.2 Å². The lowest BCUT2D eigenvalue weighted by molar-refractivity contribution is -0.142. The Kier molecular flexibility index (Phi) is 8.86. The van der Waals surface area contributed by atoms with Crippen LogP contribution in [0.25, 0.3) is 11.3 Å². The normalized spacial score (nSPS) is 14.7. The van der Waals surface area contributed by atoms with Gasteiger partial charge in [-0.3, -0.25) is 14.3 Å². The first kappa shape index (κ1) is 26.5. The maximum atomic E-state index is 13.0. The second kappa shape index (κ2) is 12.0. The molecule has 1 aromatic heterocycles. The van der Waals surface area contributed by atoms with Crippen LogP contribution in [0.4, 0.5) is 14.5 Å². The standard InChI is InChI=1S/C22H22ClF2N7O4/c1-35-21(34)15(27)5-8-32-11-16(30-20(33)14(10-26)19-28-6-2-7-29-19)18(31-32)13-9-12(23)3-4-17(13)36-22(24)25/h2-4,6-7,9-11,15,22,26,28H,5,8,27H2,1H3,(H,30,33)/b19-14-,26-10?/t15-/m0/s1. The predicted molar refractivity (Wildman–Crippen MR) is 129 cm³/mol. The Labute approximate surface area is 209 Å². The zero-order valence-electron chi connectivity index (χ0n) is 18.9.